The molecule has 12 amide bonds. The molecule has 768 valence electrons. The van der Waals surface area contributed by atoms with Crippen LogP contribution < -0.4 is 86.7 Å². The van der Waals surface area contributed by atoms with E-state index in [1.54, 1.807) is 0 Å². The van der Waals surface area contributed by atoms with E-state index in [0.717, 1.165) is 92.4 Å². The van der Waals surface area contributed by atoms with Gasteiger partial charge in [-0.3, -0.25) is 105 Å². The summed E-state index contributed by atoms with van der Waals surface area (Å²) >= 11 is 0. The Morgan fingerprint density at radius 3 is 0.729 bits per heavy atom. The first kappa shape index (κ1) is 139. The van der Waals surface area contributed by atoms with Gasteiger partial charge in [0.2, 0.25) is 47.3 Å². The number of esters is 4. The normalized spacial score (nSPS) is 13.0. The number of carboxylic acid groups (broad SMARTS) is 8. The fourth-order valence-corrected chi connectivity index (χ4v) is 19.1. The van der Waals surface area contributed by atoms with Crippen molar-refractivity contribution in [1.82, 2.24) is 63.8 Å². The topological polar surface area (TPSA) is 857 Å². The Labute approximate surface area is 932 Å². The molecular formula is C76H104N16O36S8Y4-4. The maximum Gasteiger partial charge on any atom is 0.326 e. The van der Waals surface area contributed by atoms with Crippen LogP contribution in [-0.2, 0) is 246 Å². The van der Waals surface area contributed by atoms with Gasteiger partial charge in [-0.2, -0.15) is 0 Å². The molecule has 0 heterocycles. The molecule has 2 aromatic rings. The van der Waals surface area contributed by atoms with Crippen LogP contribution in [-0.4, -0.2) is 355 Å². The molecule has 0 aliphatic carbocycles. The number of carbonyl (C=O) groups excluding carboxylic acids is 16. The van der Waals surface area contributed by atoms with Crippen LogP contribution in [0.4, 0.5) is 0 Å². The number of rotatable bonds is 68. The van der Waals surface area contributed by atoms with Gasteiger partial charge in [-0.15, -0.1) is 0 Å². The Morgan fingerprint density at radius 2 is 0.507 bits per heavy atom. The van der Waals surface area contributed by atoms with Crippen molar-refractivity contribution in [3.63, 3.8) is 0 Å². The van der Waals surface area contributed by atoms with Gasteiger partial charge in [-0.1, -0.05) is 98.5 Å². The van der Waals surface area contributed by atoms with E-state index < -0.39 is 240 Å². The van der Waals surface area contributed by atoms with Crippen molar-refractivity contribution >= 4 is 229 Å². The van der Waals surface area contributed by atoms with Gasteiger partial charge < -0.3 is 174 Å². The summed E-state index contributed by atoms with van der Waals surface area (Å²) in [5, 5.41) is 97.5. The first-order valence-electron chi connectivity index (χ1n) is 39.6. The van der Waals surface area contributed by atoms with Crippen LogP contribution >= 0.6 is 86.4 Å². The zero-order chi connectivity index (χ0) is 103. The van der Waals surface area contributed by atoms with Crippen molar-refractivity contribution in [1.29, 1.82) is 0 Å². The second-order valence-electron chi connectivity index (χ2n) is 27.0. The van der Waals surface area contributed by atoms with E-state index >= 15 is 0 Å². The molecule has 0 bridgehead atoms. The standard InChI is InChI=1S/2C38H52N8O18S4.4Y/c1-3-63-37(61)25(67-65-17-23(33(55)43-15-29(49)50)45-27(47)10-8-21(39)35(57)58)13-41-31(53)19-6-5-7-20(12-19)32(54)42-14-26(38(62)64-4-2)68-66-18-24(34(56)44-16-30(51)52)46-28(48)11-9-22(40)36(59)60;1-3-63-37(61)25(17-67-65-15-23(33(55)41-13-29(49)50)43-27(47)10-8-21(39)35(57)58)45-31(53)19-6-5-7-20(12-19)32(54)46-26(38(62)64-4-2)18-68-66-16-24(34(56)42-14-30(51)52)44-28(48)11-9-22(40)36(59)60;;;;/h5-7,12,21-26H,1-4,8-11,13-18,39-40H2,(H,41,53)(H,42,54)(H,43,55)(H,44,56)(H,45,47)(H,46,48)(H,49,50)(H,51,52)(H,57,58)(H,59,60);5-7,12,21-26H,1-4,8-11,13-18,39-40H2,(H,41,55)(H,42,56)(H,43,47)(H,44,48)(H,45,53)(H,46,54)(H,49,50)(H,51,52)(H,57,58)(H,59,60);;;;/q2*-2;;;;. The van der Waals surface area contributed by atoms with Gasteiger partial charge in [-0.25, -0.2) is 9.59 Å². The number of hydrogen-bond acceptors (Lipinski definition) is 40. The van der Waals surface area contributed by atoms with Crippen molar-refractivity contribution in [2.45, 2.75) is 122 Å². The van der Waals surface area contributed by atoms with E-state index in [-0.39, 0.29) is 278 Å². The second-order valence-corrected chi connectivity index (χ2v) is 37.4. The number of hydrogen-bond donors (Lipinski definition) is 24. The van der Waals surface area contributed by atoms with E-state index in [0.29, 0.717) is 0 Å². The average molecular weight is 2430 g/mol. The Morgan fingerprint density at radius 1 is 0.293 bits per heavy atom. The molecular weight excluding hydrogens is 2330 g/mol. The average Bonchev–Trinajstić information content (AvgIpc) is 0.624. The molecule has 64 heteroatoms. The number of benzene rings is 2. The largest absolute Gasteiger partial charge is 0.498 e. The predicted octanol–water partition coefficient (Wildman–Crippen LogP) is -5.70. The third-order valence-electron chi connectivity index (χ3n) is 16.6. The Balaban J connectivity index is -0.00000128. The summed E-state index contributed by atoms with van der Waals surface area (Å²) in [6, 6.07) is -3.00. The number of nitrogens with two attached hydrogens (primary N) is 4. The second kappa shape index (κ2) is 79.1. The number of aliphatic carboxylic acids is 8. The summed E-state index contributed by atoms with van der Waals surface area (Å²) in [6.07, 6.45) is -2.53. The zero-order valence-electron chi connectivity index (χ0n) is 74.2. The van der Waals surface area contributed by atoms with Crippen molar-refractivity contribution in [3.8, 4) is 0 Å². The molecule has 0 saturated carbocycles. The molecule has 0 spiro atoms. The van der Waals surface area contributed by atoms with Gasteiger partial charge in [-0.05, 0) is 88.5 Å². The van der Waals surface area contributed by atoms with Crippen LogP contribution in [0.2, 0.25) is 0 Å². The Hall–Kier alpha value is -7.22. The number of carbonyl (C=O) groups is 24. The molecule has 0 aliphatic rings. The SMILES string of the molecule is [CH2-]COC(=O)C(CNC(=O)c1cccc(C(=O)NCC(SSCC(NC(=O)CCC(N)C(=O)O)C(=O)NCC(=O)O)C(=O)OC[CH2-])c1)SSCC(NC(=O)CCC(N)C(=O)O)C(=O)NCC(=O)O.[CH2-]COC(=O)C(CSSCC(NC(=O)CCC(N)C(=O)O)C(=O)NCC(=O)O)NC(=O)c1cccc(C(=O)NC(CSSCC(NC(=O)CCC(N)C(=O)O)C(=O)NCC(=O)O)C(=O)OC[CH2-])c1.[Y].[Y].[Y].[Y]. The van der Waals surface area contributed by atoms with Crippen molar-refractivity contribution in [2.24, 2.45) is 22.9 Å². The van der Waals surface area contributed by atoms with E-state index in [1.165, 1.54) is 42.5 Å². The fourth-order valence-electron chi connectivity index (χ4n) is 9.53. The van der Waals surface area contributed by atoms with Crippen molar-refractivity contribution in [3.05, 3.63) is 98.5 Å². The predicted molar refractivity (Wildman–Crippen MR) is 493 cm³/mol. The first-order chi connectivity index (χ1) is 64.2. The summed E-state index contributed by atoms with van der Waals surface area (Å²) in [5.41, 5.74) is 21.4. The minimum atomic E-state index is -1.37. The van der Waals surface area contributed by atoms with Crippen molar-refractivity contribution in [2.75, 3.05) is 100 Å². The summed E-state index contributed by atoms with van der Waals surface area (Å²) in [6.45, 7) is 8.75. The third kappa shape index (κ3) is 61.8. The molecule has 0 aliphatic heterocycles. The number of carboxylic acids is 8. The van der Waals surface area contributed by atoms with Crippen LogP contribution in [0.15, 0.2) is 48.5 Å². The monoisotopic (exact) mass is 2430 g/mol. The summed E-state index contributed by atoms with van der Waals surface area (Å²) in [7, 11) is 7.20. The van der Waals surface area contributed by atoms with Gasteiger partial charge in [0.15, 0.2) is 0 Å². The van der Waals surface area contributed by atoms with Gasteiger partial charge in [0.25, 0.3) is 23.6 Å². The molecule has 52 nitrogen and oxygen atoms in total. The summed E-state index contributed by atoms with van der Waals surface area (Å²) in [5.74, 6) is -25.4. The van der Waals surface area contributed by atoms with Crippen LogP contribution in [0.3, 0.4) is 0 Å². The fraction of sp³-hybridized carbons (Fsp3) is 0.474. The maximum absolute atomic E-state index is 13.4. The summed E-state index contributed by atoms with van der Waals surface area (Å²) < 4.78 is 20.0. The molecule has 0 aromatic heterocycles. The smallest absolute Gasteiger partial charge is 0.326 e. The van der Waals surface area contributed by atoms with Crippen LogP contribution in [0, 0.1) is 27.7 Å². The van der Waals surface area contributed by atoms with Crippen LogP contribution in [0.5, 0.6) is 0 Å². The number of nitrogens with one attached hydrogen (secondary N) is 12. The first-order valence-corrected chi connectivity index (χ1v) is 49.3. The number of amides is 12. The minimum absolute atomic E-state index is 0. The van der Waals surface area contributed by atoms with E-state index in [2.05, 4.69) is 91.5 Å². The summed E-state index contributed by atoms with van der Waals surface area (Å²) in [4.78, 5) is 293. The molecule has 12 atom stereocenters. The third-order valence-corrected chi connectivity index (χ3v) is 26.8. The molecule has 4 radical (unpaired) electrons. The van der Waals surface area contributed by atoms with Gasteiger partial charge in [0.1, 0.15) is 97.1 Å². The van der Waals surface area contributed by atoms with Crippen LogP contribution in [0.1, 0.15) is 92.8 Å². The Kier molecular flexibility index (Phi) is 78.6. The van der Waals surface area contributed by atoms with Gasteiger partial charge >= 0.3 is 71.6 Å². The van der Waals surface area contributed by atoms with E-state index in [4.69, 9.17) is 82.7 Å². The molecule has 2 aromatic carbocycles. The van der Waals surface area contributed by atoms with Crippen LogP contribution in [0.25, 0.3) is 0 Å². The van der Waals surface area contributed by atoms with E-state index in [1.807, 2.05) is 0 Å². The van der Waals surface area contributed by atoms with Gasteiger partial charge in [0, 0.05) is 226 Å². The Bertz CT molecular complexity index is 4240. The molecule has 0 saturated heterocycles. The molecule has 2 rings (SSSR count). The van der Waals surface area contributed by atoms with Crippen molar-refractivity contribution < 1.29 is 306 Å². The molecule has 140 heavy (non-hydrogen) atoms. The quantitative estimate of drug-likeness (QED) is 0.00965. The maximum atomic E-state index is 13.4. The zero-order valence-corrected chi connectivity index (χ0v) is 92.1. The molecule has 12 unspecified atom stereocenters. The minimum Gasteiger partial charge on any atom is -0.498 e. The van der Waals surface area contributed by atoms with E-state index in [9.17, 15) is 115 Å². The number of ether oxygens (including phenoxy) is 4. The molecule has 0 fully saturated rings. The van der Waals surface area contributed by atoms with Gasteiger partial charge in [0.05, 0.1) is 0 Å². The molecule has 28 N–H and O–H groups in total.